The number of carbonyl (C=O) groups excluding carboxylic acids is 1. The number of carbonyl (C=O) groups is 1. The minimum Gasteiger partial charge on any atom is -0.353 e. The normalized spacial score (nSPS) is 20.6. The van der Waals surface area contributed by atoms with Crippen molar-refractivity contribution in [1.82, 2.24) is 14.5 Å². The van der Waals surface area contributed by atoms with Gasteiger partial charge in [-0.1, -0.05) is 24.9 Å². The molecule has 0 aliphatic carbocycles. The molecule has 0 aromatic heterocycles. The van der Waals surface area contributed by atoms with Crippen molar-refractivity contribution in [3.63, 3.8) is 0 Å². The highest BCUT2D eigenvalue weighted by molar-refractivity contribution is 7.89. The molecule has 2 aliphatic rings. The molecule has 1 amide bonds. The van der Waals surface area contributed by atoms with Crippen LogP contribution in [0.4, 0.5) is 0 Å². The Bertz CT molecular complexity index is 769. The standard InChI is InChI=1S/C21H32ClN3O3S/c1-2-3-12-24-13-10-19(11-14-24)23-21(26)17-8-15-25(16-9-17)29(27,28)20-6-4-18(22)5-7-20/h4-7,17,19H,2-3,8-16H2,1H3,(H,23,26). The molecule has 0 radical (unpaired) electrons. The number of likely N-dealkylation sites (tertiary alicyclic amines) is 1. The summed E-state index contributed by atoms with van der Waals surface area (Å²) in [5, 5.41) is 3.72. The molecule has 1 aromatic carbocycles. The first-order chi connectivity index (χ1) is 13.9. The van der Waals surface area contributed by atoms with E-state index in [4.69, 9.17) is 11.6 Å². The van der Waals surface area contributed by atoms with Crippen molar-refractivity contribution in [3.05, 3.63) is 29.3 Å². The maximum atomic E-state index is 12.8. The summed E-state index contributed by atoms with van der Waals surface area (Å²) < 4.78 is 27.0. The van der Waals surface area contributed by atoms with E-state index in [1.54, 1.807) is 12.1 Å². The van der Waals surface area contributed by atoms with Gasteiger partial charge in [-0.3, -0.25) is 4.79 Å². The quantitative estimate of drug-likeness (QED) is 0.705. The van der Waals surface area contributed by atoms with Crippen LogP contribution in [-0.4, -0.2) is 62.3 Å². The van der Waals surface area contributed by atoms with Crippen LogP contribution in [0.15, 0.2) is 29.2 Å². The summed E-state index contributed by atoms with van der Waals surface area (Å²) in [5.41, 5.74) is 0. The van der Waals surface area contributed by atoms with E-state index in [1.165, 1.54) is 29.3 Å². The molecule has 2 heterocycles. The predicted octanol–water partition coefficient (Wildman–Crippen LogP) is 3.12. The van der Waals surface area contributed by atoms with E-state index in [0.29, 0.717) is 31.0 Å². The largest absolute Gasteiger partial charge is 0.353 e. The number of nitrogens with one attached hydrogen (secondary N) is 1. The van der Waals surface area contributed by atoms with Gasteiger partial charge in [-0.05, 0) is 62.9 Å². The van der Waals surface area contributed by atoms with E-state index in [-0.39, 0.29) is 22.8 Å². The molecule has 3 rings (SSSR count). The molecular weight excluding hydrogens is 410 g/mol. The van der Waals surface area contributed by atoms with Crippen molar-refractivity contribution in [2.24, 2.45) is 5.92 Å². The van der Waals surface area contributed by atoms with E-state index >= 15 is 0 Å². The number of hydrogen-bond acceptors (Lipinski definition) is 4. The lowest BCUT2D eigenvalue weighted by molar-refractivity contribution is -0.127. The topological polar surface area (TPSA) is 69.7 Å². The van der Waals surface area contributed by atoms with E-state index in [2.05, 4.69) is 17.1 Å². The Morgan fingerprint density at radius 2 is 1.69 bits per heavy atom. The smallest absolute Gasteiger partial charge is 0.243 e. The van der Waals surface area contributed by atoms with Crippen LogP contribution in [0.25, 0.3) is 0 Å². The molecule has 2 aliphatic heterocycles. The molecule has 0 saturated carbocycles. The van der Waals surface area contributed by atoms with Crippen molar-refractivity contribution >= 4 is 27.5 Å². The number of unbranched alkanes of at least 4 members (excludes halogenated alkanes) is 1. The SMILES string of the molecule is CCCCN1CCC(NC(=O)C2CCN(S(=O)(=O)c3ccc(Cl)cc3)CC2)CC1. The summed E-state index contributed by atoms with van der Waals surface area (Å²) >= 11 is 5.86. The van der Waals surface area contributed by atoms with Gasteiger partial charge in [0.15, 0.2) is 0 Å². The molecule has 0 atom stereocenters. The summed E-state index contributed by atoms with van der Waals surface area (Å²) in [4.78, 5) is 15.4. The Balaban J connectivity index is 1.45. The Morgan fingerprint density at radius 3 is 2.28 bits per heavy atom. The highest BCUT2D eigenvalue weighted by Gasteiger charge is 2.33. The number of sulfonamides is 1. The first-order valence-electron chi connectivity index (χ1n) is 10.7. The maximum Gasteiger partial charge on any atom is 0.243 e. The van der Waals surface area contributed by atoms with Gasteiger partial charge in [0.1, 0.15) is 0 Å². The Kier molecular flexibility index (Phi) is 7.96. The van der Waals surface area contributed by atoms with Crippen molar-refractivity contribution < 1.29 is 13.2 Å². The highest BCUT2D eigenvalue weighted by Crippen LogP contribution is 2.25. The van der Waals surface area contributed by atoms with E-state index in [1.807, 2.05) is 0 Å². The number of rotatable bonds is 7. The number of piperidine rings is 2. The second-order valence-corrected chi connectivity index (χ2v) is 10.5. The number of amides is 1. The molecule has 2 fully saturated rings. The molecule has 162 valence electrons. The van der Waals surface area contributed by atoms with Crippen LogP contribution in [-0.2, 0) is 14.8 Å². The number of hydrogen-bond donors (Lipinski definition) is 1. The van der Waals surface area contributed by atoms with Gasteiger partial charge in [0.25, 0.3) is 0 Å². The summed E-state index contributed by atoms with van der Waals surface area (Å²) in [5.74, 6) is -0.0228. The third-order valence-electron chi connectivity index (χ3n) is 6.04. The fraction of sp³-hybridized carbons (Fsp3) is 0.667. The highest BCUT2D eigenvalue weighted by atomic mass is 35.5. The summed E-state index contributed by atoms with van der Waals surface area (Å²) in [6.45, 7) is 6.19. The fourth-order valence-corrected chi connectivity index (χ4v) is 5.71. The summed E-state index contributed by atoms with van der Waals surface area (Å²) in [6.07, 6.45) is 5.57. The lowest BCUT2D eigenvalue weighted by Crippen LogP contribution is -2.48. The van der Waals surface area contributed by atoms with Crippen molar-refractivity contribution in [1.29, 1.82) is 0 Å². The third-order valence-corrected chi connectivity index (χ3v) is 8.20. The molecule has 6 nitrogen and oxygen atoms in total. The van der Waals surface area contributed by atoms with Crippen molar-refractivity contribution in [2.45, 2.75) is 56.4 Å². The third kappa shape index (κ3) is 5.94. The van der Waals surface area contributed by atoms with Crippen LogP contribution < -0.4 is 5.32 Å². The van der Waals surface area contributed by atoms with Crippen LogP contribution in [0, 0.1) is 5.92 Å². The van der Waals surface area contributed by atoms with Crippen molar-refractivity contribution in [2.75, 3.05) is 32.7 Å². The van der Waals surface area contributed by atoms with Gasteiger partial charge in [-0.2, -0.15) is 4.31 Å². The van der Waals surface area contributed by atoms with Gasteiger partial charge in [0.2, 0.25) is 15.9 Å². The van der Waals surface area contributed by atoms with Crippen LogP contribution >= 0.6 is 11.6 Å². The van der Waals surface area contributed by atoms with Gasteiger partial charge in [-0.25, -0.2) is 8.42 Å². The Labute approximate surface area is 179 Å². The van der Waals surface area contributed by atoms with Crippen LogP contribution in [0.2, 0.25) is 5.02 Å². The second kappa shape index (κ2) is 10.2. The monoisotopic (exact) mass is 441 g/mol. The zero-order valence-corrected chi connectivity index (χ0v) is 18.7. The minimum atomic E-state index is -3.53. The average Bonchev–Trinajstić information content (AvgIpc) is 2.73. The van der Waals surface area contributed by atoms with Gasteiger partial charge < -0.3 is 10.2 Å². The first-order valence-corrected chi connectivity index (χ1v) is 12.5. The van der Waals surface area contributed by atoms with Gasteiger partial charge >= 0.3 is 0 Å². The van der Waals surface area contributed by atoms with E-state index < -0.39 is 10.0 Å². The molecule has 29 heavy (non-hydrogen) atoms. The van der Waals surface area contributed by atoms with E-state index in [9.17, 15) is 13.2 Å². The van der Waals surface area contributed by atoms with Crippen molar-refractivity contribution in [3.8, 4) is 0 Å². The Morgan fingerprint density at radius 1 is 1.07 bits per heavy atom. The van der Waals surface area contributed by atoms with Gasteiger partial charge in [0, 0.05) is 43.2 Å². The maximum absolute atomic E-state index is 12.8. The Hall–Kier alpha value is -1.15. The predicted molar refractivity (Wildman–Crippen MR) is 115 cm³/mol. The van der Waals surface area contributed by atoms with Crippen LogP contribution in [0.3, 0.4) is 0 Å². The average molecular weight is 442 g/mol. The molecule has 0 unspecified atom stereocenters. The fourth-order valence-electron chi connectivity index (χ4n) is 4.12. The molecule has 0 bridgehead atoms. The van der Waals surface area contributed by atoms with Crippen LogP contribution in [0.1, 0.15) is 45.4 Å². The van der Waals surface area contributed by atoms with E-state index in [0.717, 1.165) is 32.5 Å². The lowest BCUT2D eigenvalue weighted by atomic mass is 9.96. The van der Waals surface area contributed by atoms with Gasteiger partial charge in [0.05, 0.1) is 4.90 Å². The molecule has 8 heteroatoms. The molecule has 1 aromatic rings. The molecule has 2 saturated heterocycles. The van der Waals surface area contributed by atoms with Crippen LogP contribution in [0.5, 0.6) is 0 Å². The number of nitrogens with zero attached hydrogens (tertiary/aromatic N) is 2. The number of halogens is 1. The summed E-state index contributed by atoms with van der Waals surface area (Å²) in [6, 6.07) is 6.48. The second-order valence-electron chi connectivity index (χ2n) is 8.11. The zero-order chi connectivity index (χ0) is 20.9. The minimum absolute atomic E-state index is 0.0838. The molecular formula is C21H32ClN3O3S. The van der Waals surface area contributed by atoms with Gasteiger partial charge in [-0.15, -0.1) is 0 Å². The first kappa shape index (κ1) is 22.5. The lowest BCUT2D eigenvalue weighted by Gasteiger charge is -2.34. The summed E-state index contributed by atoms with van der Waals surface area (Å²) in [7, 11) is -3.53. The molecule has 1 N–H and O–H groups in total. The molecule has 0 spiro atoms. The zero-order valence-electron chi connectivity index (χ0n) is 17.1. The number of benzene rings is 1.